The normalized spacial score (nSPS) is 16.0. The predicted octanol–water partition coefficient (Wildman–Crippen LogP) is 0.539. The highest BCUT2D eigenvalue weighted by Gasteiger charge is 2.18. The number of fused-ring (bicyclic) bond motifs is 1. The predicted molar refractivity (Wildman–Crippen MR) is 81.8 cm³/mol. The number of likely N-dealkylation sites (N-methyl/N-ethyl adjacent to an activating group) is 1. The Hall–Kier alpha value is -2.43. The lowest BCUT2D eigenvalue weighted by Crippen LogP contribution is -2.45. The number of nitrogens with zero attached hydrogens (tertiary/aromatic N) is 5. The Balaban J connectivity index is 2.03. The Labute approximate surface area is 123 Å². The van der Waals surface area contributed by atoms with Crippen LogP contribution < -0.4 is 16.2 Å². The maximum absolute atomic E-state index is 8.99. The molecule has 0 radical (unpaired) electrons. The highest BCUT2D eigenvalue weighted by Crippen LogP contribution is 2.24. The van der Waals surface area contributed by atoms with Crippen LogP contribution in [0.1, 0.15) is 5.56 Å². The number of nitrogen functional groups attached to an aromatic ring is 1. The van der Waals surface area contributed by atoms with Gasteiger partial charge in [0.15, 0.2) is 5.82 Å². The van der Waals surface area contributed by atoms with Crippen LogP contribution in [0.15, 0.2) is 18.2 Å². The molecule has 3 rings (SSSR count). The molecule has 1 aromatic carbocycles. The molecule has 2 heterocycles. The Morgan fingerprint density at radius 1 is 1.24 bits per heavy atom. The molecule has 1 fully saturated rings. The third-order valence-electron chi connectivity index (χ3n) is 3.74. The molecule has 0 atom stereocenters. The van der Waals surface area contributed by atoms with Crippen molar-refractivity contribution < 1.29 is 0 Å². The SMILES string of the molecule is CN1CCN(c2nc(NN)c3cc(C#N)ccc3n2)CC1. The number of rotatable bonds is 2. The van der Waals surface area contributed by atoms with Crippen molar-refractivity contribution >= 4 is 22.7 Å². The van der Waals surface area contributed by atoms with E-state index in [4.69, 9.17) is 11.1 Å². The molecule has 0 spiro atoms. The Morgan fingerprint density at radius 3 is 2.67 bits per heavy atom. The molecule has 0 amide bonds. The van der Waals surface area contributed by atoms with Gasteiger partial charge >= 0.3 is 0 Å². The van der Waals surface area contributed by atoms with E-state index in [0.717, 1.165) is 37.1 Å². The van der Waals surface area contributed by atoms with Crippen molar-refractivity contribution in [3.05, 3.63) is 23.8 Å². The summed E-state index contributed by atoms with van der Waals surface area (Å²) in [5.41, 5.74) is 3.96. The fourth-order valence-electron chi connectivity index (χ4n) is 2.44. The largest absolute Gasteiger partial charge is 0.338 e. The molecule has 2 aromatic rings. The Kier molecular flexibility index (Phi) is 3.56. The zero-order valence-electron chi connectivity index (χ0n) is 11.9. The van der Waals surface area contributed by atoms with E-state index in [-0.39, 0.29) is 0 Å². The van der Waals surface area contributed by atoms with Gasteiger partial charge in [0, 0.05) is 31.6 Å². The molecule has 0 aliphatic carbocycles. The van der Waals surface area contributed by atoms with Crippen LogP contribution in [0.4, 0.5) is 11.8 Å². The van der Waals surface area contributed by atoms with Gasteiger partial charge in [0.05, 0.1) is 17.1 Å². The Bertz CT molecular complexity index is 698. The third-order valence-corrected chi connectivity index (χ3v) is 3.74. The molecule has 7 nitrogen and oxygen atoms in total. The molecule has 1 aromatic heterocycles. The highest BCUT2D eigenvalue weighted by atomic mass is 15.3. The van der Waals surface area contributed by atoms with E-state index >= 15 is 0 Å². The summed E-state index contributed by atoms with van der Waals surface area (Å²) in [5.74, 6) is 6.80. The number of hydrogen-bond donors (Lipinski definition) is 2. The molecular weight excluding hydrogens is 266 g/mol. The summed E-state index contributed by atoms with van der Waals surface area (Å²) in [6.45, 7) is 3.75. The monoisotopic (exact) mass is 283 g/mol. The topological polar surface area (TPSA) is 94.1 Å². The van der Waals surface area contributed by atoms with Crippen LogP contribution in [-0.2, 0) is 0 Å². The number of nitrogens with one attached hydrogen (secondary N) is 1. The molecule has 0 bridgehead atoms. The maximum Gasteiger partial charge on any atom is 0.228 e. The number of piperazine rings is 1. The Morgan fingerprint density at radius 2 is 2.00 bits per heavy atom. The number of benzene rings is 1. The van der Waals surface area contributed by atoms with Crippen molar-refractivity contribution in [2.75, 3.05) is 43.6 Å². The van der Waals surface area contributed by atoms with Crippen LogP contribution in [0.3, 0.4) is 0 Å². The standard InChI is InChI=1S/C14H17N7/c1-20-4-6-21(7-5-20)14-17-12-3-2-10(9-15)8-11(12)13(18-14)19-16/h2-3,8H,4-7,16H2,1H3,(H,17,18,19). The van der Waals surface area contributed by atoms with Crippen molar-refractivity contribution in [2.24, 2.45) is 5.84 Å². The minimum Gasteiger partial charge on any atom is -0.338 e. The van der Waals surface area contributed by atoms with E-state index in [0.29, 0.717) is 17.3 Å². The number of hydrogen-bond acceptors (Lipinski definition) is 7. The first kappa shape index (κ1) is 13.5. The smallest absolute Gasteiger partial charge is 0.228 e. The number of hydrazine groups is 1. The van der Waals surface area contributed by atoms with E-state index in [2.05, 4.69) is 38.3 Å². The fourth-order valence-corrected chi connectivity index (χ4v) is 2.44. The van der Waals surface area contributed by atoms with Gasteiger partial charge in [-0.25, -0.2) is 10.8 Å². The number of nitriles is 1. The fraction of sp³-hybridized carbons (Fsp3) is 0.357. The second-order valence-electron chi connectivity index (χ2n) is 5.15. The quantitative estimate of drug-likeness (QED) is 0.613. The zero-order chi connectivity index (χ0) is 14.8. The first-order valence-corrected chi connectivity index (χ1v) is 6.83. The van der Waals surface area contributed by atoms with Crippen LogP contribution in [-0.4, -0.2) is 48.1 Å². The van der Waals surface area contributed by atoms with E-state index in [9.17, 15) is 0 Å². The van der Waals surface area contributed by atoms with Gasteiger partial charge in [-0.3, -0.25) is 0 Å². The molecule has 1 saturated heterocycles. The summed E-state index contributed by atoms with van der Waals surface area (Å²) in [6, 6.07) is 7.44. The molecule has 7 heteroatoms. The minimum atomic E-state index is 0.547. The summed E-state index contributed by atoms with van der Waals surface area (Å²) >= 11 is 0. The van der Waals surface area contributed by atoms with Gasteiger partial charge in [0.1, 0.15) is 0 Å². The van der Waals surface area contributed by atoms with Crippen molar-refractivity contribution in [3.8, 4) is 6.07 Å². The van der Waals surface area contributed by atoms with Gasteiger partial charge in [0.25, 0.3) is 0 Å². The van der Waals surface area contributed by atoms with Crippen molar-refractivity contribution in [2.45, 2.75) is 0 Å². The van der Waals surface area contributed by atoms with Gasteiger partial charge in [-0.2, -0.15) is 10.2 Å². The zero-order valence-corrected chi connectivity index (χ0v) is 11.9. The lowest BCUT2D eigenvalue weighted by atomic mass is 10.1. The molecule has 1 aliphatic heterocycles. The van der Waals surface area contributed by atoms with E-state index in [1.54, 1.807) is 12.1 Å². The van der Waals surface area contributed by atoms with Crippen molar-refractivity contribution in [1.29, 1.82) is 5.26 Å². The van der Waals surface area contributed by atoms with Crippen LogP contribution >= 0.6 is 0 Å². The third kappa shape index (κ3) is 2.59. The number of aromatic nitrogens is 2. The average molecular weight is 283 g/mol. The molecular formula is C14H17N7. The van der Waals surface area contributed by atoms with Crippen LogP contribution in [0.5, 0.6) is 0 Å². The average Bonchev–Trinajstić information content (AvgIpc) is 2.54. The van der Waals surface area contributed by atoms with E-state index in [1.165, 1.54) is 0 Å². The van der Waals surface area contributed by atoms with Crippen LogP contribution in [0, 0.1) is 11.3 Å². The summed E-state index contributed by atoms with van der Waals surface area (Å²) < 4.78 is 0. The minimum absolute atomic E-state index is 0.547. The maximum atomic E-state index is 8.99. The van der Waals surface area contributed by atoms with E-state index < -0.39 is 0 Å². The number of anilines is 2. The van der Waals surface area contributed by atoms with Crippen LogP contribution in [0.2, 0.25) is 0 Å². The first-order chi connectivity index (χ1) is 10.2. The first-order valence-electron chi connectivity index (χ1n) is 6.83. The summed E-state index contributed by atoms with van der Waals surface area (Å²) in [4.78, 5) is 13.5. The molecule has 1 aliphatic rings. The molecule has 108 valence electrons. The van der Waals surface area contributed by atoms with Gasteiger partial charge in [0.2, 0.25) is 5.95 Å². The number of nitrogens with two attached hydrogens (primary N) is 1. The van der Waals surface area contributed by atoms with Crippen LogP contribution in [0.25, 0.3) is 10.9 Å². The van der Waals surface area contributed by atoms with Gasteiger partial charge < -0.3 is 15.2 Å². The highest BCUT2D eigenvalue weighted by molar-refractivity contribution is 5.91. The molecule has 3 N–H and O–H groups in total. The summed E-state index contributed by atoms with van der Waals surface area (Å²) in [7, 11) is 2.11. The lowest BCUT2D eigenvalue weighted by molar-refractivity contribution is 0.311. The lowest BCUT2D eigenvalue weighted by Gasteiger charge is -2.32. The van der Waals surface area contributed by atoms with Gasteiger partial charge in [-0.15, -0.1) is 0 Å². The molecule has 0 saturated carbocycles. The van der Waals surface area contributed by atoms with Gasteiger partial charge in [-0.1, -0.05) is 0 Å². The summed E-state index contributed by atoms with van der Waals surface area (Å²) in [5, 5.41) is 9.75. The van der Waals surface area contributed by atoms with Crippen molar-refractivity contribution in [3.63, 3.8) is 0 Å². The second-order valence-corrected chi connectivity index (χ2v) is 5.15. The van der Waals surface area contributed by atoms with E-state index in [1.807, 2.05) is 6.07 Å². The molecule has 0 unspecified atom stereocenters. The second kappa shape index (κ2) is 5.52. The van der Waals surface area contributed by atoms with Gasteiger partial charge in [-0.05, 0) is 25.2 Å². The summed E-state index contributed by atoms with van der Waals surface area (Å²) in [6.07, 6.45) is 0. The van der Waals surface area contributed by atoms with Crippen molar-refractivity contribution in [1.82, 2.24) is 14.9 Å². The molecule has 21 heavy (non-hydrogen) atoms.